The number of methoxy groups -OCH3 is 1. The molecule has 0 fully saturated rings. The minimum Gasteiger partial charge on any atom is -0.462 e. The van der Waals surface area contributed by atoms with Gasteiger partial charge in [0.1, 0.15) is 0 Å². The number of nitrogens with one attached hydrogen (secondary N) is 1. The lowest BCUT2D eigenvalue weighted by atomic mass is 10.1. The molecule has 0 heterocycles. The Morgan fingerprint density at radius 2 is 2.10 bits per heavy atom. The average Bonchev–Trinajstić information content (AvgIpc) is 2.44. The largest absolute Gasteiger partial charge is 0.462 e. The molecule has 1 aromatic rings. The smallest absolute Gasteiger partial charge is 0.338 e. The van der Waals surface area contributed by atoms with Gasteiger partial charge in [0.15, 0.2) is 0 Å². The Balaban J connectivity index is 2.42. The molecule has 112 valence electrons. The summed E-state index contributed by atoms with van der Waals surface area (Å²) in [4.78, 5) is 11.5. The van der Waals surface area contributed by atoms with Crippen molar-refractivity contribution in [2.24, 2.45) is 0 Å². The fourth-order valence-corrected chi connectivity index (χ4v) is 1.57. The second kappa shape index (κ2) is 9.17. The second-order valence-electron chi connectivity index (χ2n) is 4.05. The second-order valence-corrected chi connectivity index (χ2v) is 4.05. The Labute approximate surface area is 119 Å². The highest BCUT2D eigenvalue weighted by atomic mass is 16.5. The first-order valence-electron chi connectivity index (χ1n) is 6.56. The maximum atomic E-state index is 11.5. The van der Waals surface area contributed by atoms with Crippen LogP contribution in [0.25, 0.3) is 0 Å². The molecule has 0 unspecified atom stereocenters. The van der Waals surface area contributed by atoms with Crippen LogP contribution in [0.15, 0.2) is 18.2 Å². The molecule has 0 radical (unpaired) electrons. The number of hydrogen-bond acceptors (Lipinski definition) is 6. The molecule has 0 bridgehead atoms. The predicted molar refractivity (Wildman–Crippen MR) is 78.0 cm³/mol. The minimum atomic E-state index is -0.367. The Bertz CT molecular complexity index is 424. The monoisotopic (exact) mass is 282 g/mol. The van der Waals surface area contributed by atoms with Gasteiger partial charge in [0.05, 0.1) is 43.4 Å². The summed E-state index contributed by atoms with van der Waals surface area (Å²) in [5, 5.41) is 3.15. The third-order valence-corrected chi connectivity index (χ3v) is 2.56. The van der Waals surface area contributed by atoms with Gasteiger partial charge in [0.25, 0.3) is 0 Å². The molecule has 0 aliphatic carbocycles. The number of hydrogen-bond donors (Lipinski definition) is 2. The van der Waals surface area contributed by atoms with E-state index in [1.54, 1.807) is 32.2 Å². The van der Waals surface area contributed by atoms with Crippen LogP contribution in [0.5, 0.6) is 0 Å². The number of anilines is 2. The van der Waals surface area contributed by atoms with Gasteiger partial charge in [-0.05, 0) is 25.1 Å². The van der Waals surface area contributed by atoms with Crippen molar-refractivity contribution in [1.82, 2.24) is 0 Å². The van der Waals surface area contributed by atoms with E-state index >= 15 is 0 Å². The van der Waals surface area contributed by atoms with E-state index in [0.717, 1.165) is 5.69 Å². The van der Waals surface area contributed by atoms with E-state index in [1.165, 1.54) is 0 Å². The van der Waals surface area contributed by atoms with E-state index in [-0.39, 0.29) is 5.97 Å². The number of rotatable bonds is 9. The lowest BCUT2D eigenvalue weighted by Gasteiger charge is -2.11. The molecular formula is C14H22N2O4. The average molecular weight is 282 g/mol. The van der Waals surface area contributed by atoms with Crippen molar-refractivity contribution in [1.29, 1.82) is 0 Å². The molecule has 1 rings (SSSR count). The van der Waals surface area contributed by atoms with Crippen molar-refractivity contribution >= 4 is 17.3 Å². The van der Waals surface area contributed by atoms with Crippen LogP contribution >= 0.6 is 0 Å². The van der Waals surface area contributed by atoms with Crippen LogP contribution in [0, 0.1) is 0 Å². The summed E-state index contributed by atoms with van der Waals surface area (Å²) >= 11 is 0. The molecule has 0 aliphatic rings. The summed E-state index contributed by atoms with van der Waals surface area (Å²) in [5.41, 5.74) is 7.62. The highest BCUT2D eigenvalue weighted by molar-refractivity contribution is 5.91. The van der Waals surface area contributed by atoms with Gasteiger partial charge in [-0.2, -0.15) is 0 Å². The maximum Gasteiger partial charge on any atom is 0.338 e. The van der Waals surface area contributed by atoms with Crippen molar-refractivity contribution in [3.63, 3.8) is 0 Å². The van der Waals surface area contributed by atoms with Gasteiger partial charge in [-0.15, -0.1) is 0 Å². The van der Waals surface area contributed by atoms with Crippen molar-refractivity contribution in [3.05, 3.63) is 23.8 Å². The van der Waals surface area contributed by atoms with E-state index in [1.807, 2.05) is 0 Å². The first-order valence-corrected chi connectivity index (χ1v) is 6.56. The van der Waals surface area contributed by atoms with E-state index in [4.69, 9.17) is 19.9 Å². The van der Waals surface area contributed by atoms with Gasteiger partial charge < -0.3 is 25.3 Å². The molecule has 0 spiro atoms. The highest BCUT2D eigenvalue weighted by Crippen LogP contribution is 2.20. The van der Waals surface area contributed by atoms with Crippen LogP contribution in [0.4, 0.5) is 11.4 Å². The third kappa shape index (κ3) is 5.46. The Morgan fingerprint density at radius 3 is 2.75 bits per heavy atom. The standard InChI is InChI=1S/C14H22N2O4/c1-3-20-14(17)11-4-5-13(12(15)10-11)16-6-7-19-9-8-18-2/h4-5,10,16H,3,6-9,15H2,1-2H3. The number of benzene rings is 1. The van der Waals surface area contributed by atoms with Gasteiger partial charge in [-0.25, -0.2) is 4.79 Å². The van der Waals surface area contributed by atoms with Crippen LogP contribution in [0.1, 0.15) is 17.3 Å². The first-order chi connectivity index (χ1) is 9.69. The van der Waals surface area contributed by atoms with Crippen molar-refractivity contribution in [2.45, 2.75) is 6.92 Å². The van der Waals surface area contributed by atoms with E-state index < -0.39 is 0 Å². The summed E-state index contributed by atoms with van der Waals surface area (Å²) in [5.74, 6) is -0.367. The summed E-state index contributed by atoms with van der Waals surface area (Å²) in [6.07, 6.45) is 0. The van der Waals surface area contributed by atoms with E-state index in [2.05, 4.69) is 5.32 Å². The zero-order valence-electron chi connectivity index (χ0n) is 12.0. The number of esters is 1. The summed E-state index contributed by atoms with van der Waals surface area (Å²) in [7, 11) is 1.63. The SMILES string of the molecule is CCOC(=O)c1ccc(NCCOCCOC)c(N)c1. The molecule has 6 heteroatoms. The lowest BCUT2D eigenvalue weighted by molar-refractivity contribution is 0.0526. The van der Waals surface area contributed by atoms with Gasteiger partial charge in [0, 0.05) is 13.7 Å². The Hall–Kier alpha value is -1.79. The first kappa shape index (κ1) is 16.3. The van der Waals surface area contributed by atoms with Gasteiger partial charge >= 0.3 is 5.97 Å². The Kier molecular flexibility index (Phi) is 7.46. The summed E-state index contributed by atoms with van der Waals surface area (Å²) in [6.45, 7) is 4.44. The topological polar surface area (TPSA) is 82.8 Å². The van der Waals surface area contributed by atoms with E-state index in [9.17, 15) is 4.79 Å². The summed E-state index contributed by atoms with van der Waals surface area (Å²) < 4.78 is 15.1. The molecule has 1 aromatic carbocycles. The molecule has 20 heavy (non-hydrogen) atoms. The zero-order chi connectivity index (χ0) is 14.8. The number of nitrogen functional groups attached to an aromatic ring is 1. The van der Waals surface area contributed by atoms with Crippen LogP contribution in [-0.4, -0.2) is 46.1 Å². The number of ether oxygens (including phenoxy) is 3. The van der Waals surface area contributed by atoms with Crippen LogP contribution < -0.4 is 11.1 Å². The lowest BCUT2D eigenvalue weighted by Crippen LogP contribution is -2.13. The quantitative estimate of drug-likeness (QED) is 0.406. The van der Waals surface area contributed by atoms with Crippen LogP contribution in [-0.2, 0) is 14.2 Å². The van der Waals surface area contributed by atoms with Crippen LogP contribution in [0.3, 0.4) is 0 Å². The highest BCUT2D eigenvalue weighted by Gasteiger charge is 2.08. The number of carbonyl (C=O) groups excluding carboxylic acids is 1. The maximum absolute atomic E-state index is 11.5. The molecule has 0 aromatic heterocycles. The van der Waals surface area contributed by atoms with Gasteiger partial charge in [-0.3, -0.25) is 0 Å². The molecular weight excluding hydrogens is 260 g/mol. The molecule has 0 saturated carbocycles. The summed E-state index contributed by atoms with van der Waals surface area (Å²) in [6, 6.07) is 5.05. The number of carbonyl (C=O) groups is 1. The molecule has 3 N–H and O–H groups in total. The van der Waals surface area contributed by atoms with Gasteiger partial charge in [0.2, 0.25) is 0 Å². The molecule has 0 saturated heterocycles. The molecule has 0 atom stereocenters. The van der Waals surface area contributed by atoms with Crippen molar-refractivity contribution in [2.75, 3.05) is 51.1 Å². The fraction of sp³-hybridized carbons (Fsp3) is 0.500. The minimum absolute atomic E-state index is 0.345. The van der Waals surface area contributed by atoms with Crippen LogP contribution in [0.2, 0.25) is 0 Å². The fourth-order valence-electron chi connectivity index (χ4n) is 1.57. The van der Waals surface area contributed by atoms with E-state index in [0.29, 0.717) is 44.2 Å². The normalized spacial score (nSPS) is 10.3. The predicted octanol–water partition coefficient (Wildman–Crippen LogP) is 1.52. The third-order valence-electron chi connectivity index (χ3n) is 2.56. The molecule has 6 nitrogen and oxygen atoms in total. The Morgan fingerprint density at radius 1 is 1.30 bits per heavy atom. The van der Waals surface area contributed by atoms with Gasteiger partial charge in [-0.1, -0.05) is 0 Å². The molecule has 0 aliphatic heterocycles. The molecule has 0 amide bonds. The van der Waals surface area contributed by atoms with Crippen molar-refractivity contribution < 1.29 is 19.0 Å². The zero-order valence-corrected chi connectivity index (χ0v) is 12.0. The number of nitrogens with two attached hydrogens (primary N) is 1. The van der Waals surface area contributed by atoms with Crippen molar-refractivity contribution in [3.8, 4) is 0 Å².